The van der Waals surface area contributed by atoms with Gasteiger partial charge in [-0.05, 0) is 72.0 Å². The molecule has 6 heterocycles. The van der Waals surface area contributed by atoms with Crippen molar-refractivity contribution < 1.29 is 8.78 Å². The zero-order valence-corrected chi connectivity index (χ0v) is 36.3. The first kappa shape index (κ1) is 36.6. The smallest absolute Gasteiger partial charge is 0.136 e. The Kier molecular flexibility index (Phi) is 8.90. The zero-order chi connectivity index (χ0) is 39.3. The highest BCUT2D eigenvalue weighted by atomic mass is 32.1. The second kappa shape index (κ2) is 14.1. The molecule has 0 saturated carbocycles. The lowest BCUT2D eigenvalue weighted by Gasteiger charge is -2.30. The lowest BCUT2D eigenvalue weighted by atomic mass is 9.72. The van der Waals surface area contributed by atoms with E-state index in [0.29, 0.717) is 49.1 Å². The van der Waals surface area contributed by atoms with Gasteiger partial charge in [-0.1, -0.05) is 70.7 Å². The first-order chi connectivity index (χ1) is 28.3. The second-order valence-corrected chi connectivity index (χ2v) is 20.3. The molecule has 10 aromatic rings. The van der Waals surface area contributed by atoms with E-state index in [1.807, 2.05) is 48.5 Å². The summed E-state index contributed by atoms with van der Waals surface area (Å²) in [5.74, 6) is -0.185. The molecule has 0 spiro atoms. The van der Waals surface area contributed by atoms with E-state index in [1.165, 1.54) is 50.0 Å². The van der Waals surface area contributed by atoms with Gasteiger partial charge in [0, 0.05) is 36.1 Å². The molecule has 6 nitrogen and oxygen atoms in total. The van der Waals surface area contributed by atoms with Crippen LogP contribution in [0.15, 0.2) is 72.8 Å². The van der Waals surface area contributed by atoms with Gasteiger partial charge in [0.25, 0.3) is 0 Å². The topological polar surface area (TPSA) is 77.3 Å². The van der Waals surface area contributed by atoms with Crippen molar-refractivity contribution in [1.29, 1.82) is 0 Å². The molecule has 0 amide bonds. The Balaban J connectivity index is 1.05. The fraction of sp³-hybridized carbons (Fsp3) is 0.227. The highest BCUT2D eigenvalue weighted by Crippen LogP contribution is 2.61. The molecule has 11 rings (SSSR count). The molecule has 1 unspecified atom stereocenters. The molecule has 0 fully saturated rings. The summed E-state index contributed by atoms with van der Waals surface area (Å²) in [6.07, 6.45) is 5.56. The van der Waals surface area contributed by atoms with Crippen molar-refractivity contribution >= 4 is 111 Å². The Hall–Kier alpha value is -4.44. The van der Waals surface area contributed by atoms with Gasteiger partial charge in [0.15, 0.2) is 0 Å². The number of halogens is 2. The van der Waals surface area contributed by atoms with Crippen molar-refractivity contribution in [3.8, 4) is 51.8 Å². The third-order valence-electron chi connectivity index (χ3n) is 11.6. The number of hydrogen-bond acceptors (Lipinski definition) is 12. The predicted octanol–water partition coefficient (Wildman–Crippen LogP) is 14.9. The molecule has 0 N–H and O–H groups in total. The molecule has 58 heavy (non-hydrogen) atoms. The van der Waals surface area contributed by atoms with Crippen molar-refractivity contribution in [3.63, 3.8) is 0 Å². The molecule has 14 heteroatoms. The van der Waals surface area contributed by atoms with Gasteiger partial charge in [0.2, 0.25) is 0 Å². The van der Waals surface area contributed by atoms with Crippen LogP contribution < -0.4 is 0 Å². The quantitative estimate of drug-likeness (QED) is 0.136. The van der Waals surface area contributed by atoms with E-state index in [2.05, 4.69) is 41.7 Å². The van der Waals surface area contributed by atoms with Gasteiger partial charge < -0.3 is 0 Å². The number of aromatic nitrogens is 6. The monoisotopic (exact) mass is 874 g/mol. The maximum Gasteiger partial charge on any atom is 0.136 e. The van der Waals surface area contributed by atoms with Crippen molar-refractivity contribution in [2.24, 2.45) is 5.92 Å². The van der Waals surface area contributed by atoms with Gasteiger partial charge in [0.05, 0.1) is 55.0 Å². The van der Waals surface area contributed by atoms with Crippen LogP contribution in [0.3, 0.4) is 0 Å². The number of thiophene rings is 2. The normalized spacial score (nSPS) is 14.0. The summed E-state index contributed by atoms with van der Waals surface area (Å²) in [4.78, 5) is 13.8. The molecule has 4 aromatic carbocycles. The standard InChI is InChI=1S/C44H32F2N6S6/c1-4-6-11-21(5-2)20-44(3)24-18-32(22-16-26(45)34(38-36(22)49-57-51-38)42-47-28-12-7-9-14-30(28)55-42)53-40(24)41-25(44)19-33(54-41)23-17-27(46)35(39-37(23)50-58-52-39)43-48-29-13-8-10-15-31(29)56-43/h7-10,12-19,21H,4-6,11,20H2,1-3H3. The Labute approximate surface area is 356 Å². The number of hydrogen-bond donors (Lipinski definition) is 0. The van der Waals surface area contributed by atoms with E-state index in [9.17, 15) is 0 Å². The van der Waals surface area contributed by atoms with Crippen molar-refractivity contribution in [2.75, 3.05) is 0 Å². The summed E-state index contributed by atoms with van der Waals surface area (Å²) in [6.45, 7) is 6.91. The fourth-order valence-corrected chi connectivity index (χ4v) is 14.6. The van der Waals surface area contributed by atoms with Gasteiger partial charge in [-0.2, -0.15) is 17.5 Å². The Morgan fingerprint density at radius 2 is 1.10 bits per heavy atom. The summed E-state index contributed by atoms with van der Waals surface area (Å²) in [7, 11) is 0. The summed E-state index contributed by atoms with van der Waals surface area (Å²) in [6, 6.07) is 23.5. The Bertz CT molecular complexity index is 2950. The van der Waals surface area contributed by atoms with Crippen molar-refractivity contribution in [2.45, 2.75) is 58.3 Å². The highest BCUT2D eigenvalue weighted by molar-refractivity contribution is 7.26. The van der Waals surface area contributed by atoms with Crippen molar-refractivity contribution in [1.82, 2.24) is 27.5 Å². The maximum atomic E-state index is 16.5. The third-order valence-corrected chi connectivity index (χ3v) is 17.3. The number of para-hydroxylation sites is 2. The number of nitrogens with zero attached hydrogens (tertiary/aromatic N) is 6. The second-order valence-electron chi connectivity index (χ2n) is 15.1. The van der Waals surface area contributed by atoms with Gasteiger partial charge in [-0.15, -0.1) is 45.3 Å². The van der Waals surface area contributed by atoms with Gasteiger partial charge >= 0.3 is 0 Å². The number of thiazole rings is 2. The molecule has 1 aliphatic carbocycles. The summed E-state index contributed by atoms with van der Waals surface area (Å²) in [5, 5.41) is 1.21. The third kappa shape index (κ3) is 5.66. The minimum absolute atomic E-state index is 0.305. The van der Waals surface area contributed by atoms with Crippen LogP contribution in [0.2, 0.25) is 0 Å². The van der Waals surface area contributed by atoms with Crippen LogP contribution in [0.25, 0.3) is 94.3 Å². The van der Waals surface area contributed by atoms with Crippen LogP contribution in [-0.4, -0.2) is 27.5 Å². The first-order valence-corrected chi connectivity index (χ1v) is 24.0. The van der Waals surface area contributed by atoms with E-state index in [4.69, 9.17) is 18.7 Å². The lowest BCUT2D eigenvalue weighted by Crippen LogP contribution is -2.24. The number of rotatable bonds is 10. The lowest BCUT2D eigenvalue weighted by molar-refractivity contribution is 0.349. The Morgan fingerprint density at radius 1 is 0.621 bits per heavy atom. The van der Waals surface area contributed by atoms with Gasteiger partial charge in [-0.25, -0.2) is 18.7 Å². The molecule has 1 aliphatic rings. The fourth-order valence-electron chi connectivity index (χ4n) is 8.65. The Morgan fingerprint density at radius 3 is 1.57 bits per heavy atom. The molecule has 0 bridgehead atoms. The van der Waals surface area contributed by atoms with E-state index in [1.54, 1.807) is 34.8 Å². The van der Waals surface area contributed by atoms with Gasteiger partial charge in [0.1, 0.15) is 43.7 Å². The van der Waals surface area contributed by atoms with Crippen LogP contribution >= 0.6 is 68.8 Å². The SMILES string of the molecule is CCCCC(CC)CC1(C)c2cc(-c3cc(F)c(-c4nc5ccccc5s4)c4nsnc34)sc2-c2sc(-c3cc(F)c(-c4nc5ccccc5s4)c4nsnc34)cc21. The minimum atomic E-state index is -0.354. The summed E-state index contributed by atoms with van der Waals surface area (Å²) >= 11 is 8.51. The molecular weight excluding hydrogens is 843 g/mol. The van der Waals surface area contributed by atoms with E-state index < -0.39 is 0 Å². The predicted molar refractivity (Wildman–Crippen MR) is 242 cm³/mol. The largest absolute Gasteiger partial charge is 0.236 e. The van der Waals surface area contributed by atoms with Gasteiger partial charge in [-0.3, -0.25) is 0 Å². The summed E-state index contributed by atoms with van der Waals surface area (Å²) in [5.41, 5.74) is 8.64. The van der Waals surface area contributed by atoms with Crippen LogP contribution in [0.1, 0.15) is 64.0 Å². The minimum Gasteiger partial charge on any atom is -0.236 e. The summed E-state index contributed by atoms with van der Waals surface area (Å²) < 4.78 is 53.7. The number of unbranched alkanes of at least 4 members (excludes halogenated alkanes) is 1. The molecule has 0 radical (unpaired) electrons. The van der Waals surface area contributed by atoms with Crippen LogP contribution in [0.5, 0.6) is 0 Å². The molecular formula is C44H32F2N6S6. The molecule has 0 aliphatic heterocycles. The van der Waals surface area contributed by atoms with E-state index in [0.717, 1.165) is 90.5 Å². The van der Waals surface area contributed by atoms with Crippen molar-refractivity contribution in [3.05, 3.63) is 95.6 Å². The first-order valence-electron chi connectivity index (χ1n) is 19.2. The zero-order valence-electron chi connectivity index (χ0n) is 31.4. The molecule has 6 aromatic heterocycles. The highest BCUT2D eigenvalue weighted by Gasteiger charge is 2.44. The number of fused-ring (bicyclic) bond motifs is 7. The maximum absolute atomic E-state index is 16.5. The van der Waals surface area contributed by atoms with Crippen LogP contribution in [0, 0.1) is 17.6 Å². The van der Waals surface area contributed by atoms with Crippen LogP contribution in [0.4, 0.5) is 8.78 Å². The molecule has 1 atom stereocenters. The average Bonchev–Trinajstić information content (AvgIpc) is 4.08. The molecule has 288 valence electrons. The molecule has 0 saturated heterocycles. The van der Waals surface area contributed by atoms with E-state index >= 15 is 8.78 Å². The average molecular weight is 875 g/mol. The number of benzene rings is 4. The van der Waals surface area contributed by atoms with E-state index in [-0.39, 0.29) is 17.0 Å². The van der Waals surface area contributed by atoms with Crippen LogP contribution in [-0.2, 0) is 5.41 Å².